The molecule has 2 unspecified atom stereocenters. The first-order valence-corrected chi connectivity index (χ1v) is 13.7. The summed E-state index contributed by atoms with van der Waals surface area (Å²) in [5, 5.41) is 27.3. The Kier molecular flexibility index (Phi) is 12.0. The molecule has 10 heteroatoms. The molecule has 42 heavy (non-hydrogen) atoms. The predicted octanol–water partition coefficient (Wildman–Crippen LogP) is 2.58. The minimum atomic E-state index is -1.49. The van der Waals surface area contributed by atoms with Crippen molar-refractivity contribution in [3.63, 3.8) is 0 Å². The van der Waals surface area contributed by atoms with Crippen LogP contribution in [-0.2, 0) is 32.0 Å². The largest absolute Gasteiger partial charge is 0.508 e. The Bertz CT molecular complexity index is 1250. The first-order chi connectivity index (χ1) is 19.7. The fourth-order valence-corrected chi connectivity index (χ4v) is 4.24. The van der Waals surface area contributed by atoms with Crippen LogP contribution in [0.25, 0.3) is 0 Å². The van der Waals surface area contributed by atoms with E-state index >= 15 is 0 Å². The van der Waals surface area contributed by atoms with Gasteiger partial charge in [-0.3, -0.25) is 19.3 Å². The zero-order valence-electron chi connectivity index (χ0n) is 24.7. The van der Waals surface area contributed by atoms with E-state index in [1.807, 2.05) is 11.0 Å². The molecule has 2 aromatic rings. The fourth-order valence-electron chi connectivity index (χ4n) is 4.24. The monoisotopic (exact) mass is 578 g/mol. The van der Waals surface area contributed by atoms with E-state index in [1.54, 1.807) is 48.6 Å². The van der Waals surface area contributed by atoms with Gasteiger partial charge < -0.3 is 26.2 Å². The number of carbonyl (C=O) groups is 4. The first kappa shape index (κ1) is 33.8. The Labute approximate surface area is 247 Å². The molecule has 2 rings (SSSR count). The van der Waals surface area contributed by atoms with Crippen LogP contribution in [0, 0.1) is 0 Å². The molecule has 0 aromatic heterocycles. The van der Waals surface area contributed by atoms with Crippen LogP contribution >= 0.6 is 0 Å². The minimum absolute atomic E-state index is 0.0713. The zero-order valence-corrected chi connectivity index (χ0v) is 24.7. The van der Waals surface area contributed by atoms with Crippen LogP contribution in [-0.4, -0.2) is 75.1 Å². The van der Waals surface area contributed by atoms with Crippen LogP contribution in [0.5, 0.6) is 5.75 Å². The molecule has 0 spiro atoms. The summed E-state index contributed by atoms with van der Waals surface area (Å²) >= 11 is 0. The molecule has 0 fully saturated rings. The molecule has 2 aromatic carbocycles. The molecule has 0 radical (unpaired) electrons. The van der Waals surface area contributed by atoms with Crippen LogP contribution in [0.1, 0.15) is 38.8 Å². The van der Waals surface area contributed by atoms with Crippen molar-refractivity contribution in [2.24, 2.45) is 0 Å². The van der Waals surface area contributed by atoms with Crippen molar-refractivity contribution in [1.29, 1.82) is 0 Å². The maximum atomic E-state index is 13.6. The van der Waals surface area contributed by atoms with E-state index in [2.05, 4.69) is 29.1 Å². The zero-order chi connectivity index (χ0) is 31.5. The quantitative estimate of drug-likeness (QED) is 0.192. The van der Waals surface area contributed by atoms with Crippen molar-refractivity contribution in [2.45, 2.75) is 63.7 Å². The van der Waals surface area contributed by atoms with Crippen LogP contribution in [0.15, 0.2) is 79.9 Å². The number of nitrogens with zero attached hydrogens (tertiary/aromatic N) is 1. The second kappa shape index (κ2) is 15.0. The van der Waals surface area contributed by atoms with Gasteiger partial charge in [-0.15, -0.1) is 13.2 Å². The van der Waals surface area contributed by atoms with Crippen LogP contribution in [0.2, 0.25) is 0 Å². The van der Waals surface area contributed by atoms with Crippen LogP contribution in [0.4, 0.5) is 0 Å². The van der Waals surface area contributed by atoms with Gasteiger partial charge in [0, 0.05) is 19.5 Å². The summed E-state index contributed by atoms with van der Waals surface area (Å²) < 4.78 is 0. The molecule has 5 N–H and O–H groups in total. The van der Waals surface area contributed by atoms with E-state index in [1.165, 1.54) is 39.8 Å². The summed E-state index contributed by atoms with van der Waals surface area (Å²) in [4.78, 5) is 53.8. The summed E-state index contributed by atoms with van der Waals surface area (Å²) in [6, 6.07) is 13.5. The third kappa shape index (κ3) is 9.88. The van der Waals surface area contributed by atoms with Gasteiger partial charge >= 0.3 is 5.97 Å². The van der Waals surface area contributed by atoms with Crippen LogP contribution < -0.4 is 16.0 Å². The Morgan fingerprint density at radius 1 is 0.810 bits per heavy atom. The molecule has 10 nitrogen and oxygen atoms in total. The number of carboxylic acid groups (broad SMARTS) is 1. The third-order valence-corrected chi connectivity index (χ3v) is 6.72. The number of carbonyl (C=O) groups excluding carboxylic acids is 3. The maximum Gasteiger partial charge on any atom is 0.326 e. The molecule has 0 aliphatic heterocycles. The second-order valence-electron chi connectivity index (χ2n) is 11.2. The van der Waals surface area contributed by atoms with Gasteiger partial charge in [-0.05, 0) is 57.4 Å². The first-order valence-electron chi connectivity index (χ1n) is 13.7. The van der Waals surface area contributed by atoms with Crippen molar-refractivity contribution in [2.75, 3.05) is 13.1 Å². The number of hydrogen-bond acceptors (Lipinski definition) is 6. The number of phenols is 1. The number of rotatable bonds is 16. The maximum absolute atomic E-state index is 13.6. The fraction of sp³-hybridized carbons (Fsp3) is 0.375. The van der Waals surface area contributed by atoms with E-state index in [9.17, 15) is 29.4 Å². The number of nitrogens with one attached hydrogen (secondary N) is 3. The average Bonchev–Trinajstić information content (AvgIpc) is 2.92. The van der Waals surface area contributed by atoms with Crippen molar-refractivity contribution >= 4 is 23.7 Å². The summed E-state index contributed by atoms with van der Waals surface area (Å²) in [6.45, 7) is 14.3. The molecule has 0 saturated heterocycles. The number of aromatic hydroxyl groups is 1. The standard InChI is InChI=1S/C32H42N4O6/c1-7-18-36(19-8-2)26(21-23-14-16-24(37)17-15-23)27(38)34-32(5,6)30(42)35-31(3,4)29(41)33-25(28(39)40)20-22-12-10-9-11-13-22/h7-17,25-26,37H,1-2,18-21H2,3-6H3,(H,33,41)(H,34,38)(H,35,42)(H,39,40). The predicted molar refractivity (Wildman–Crippen MR) is 162 cm³/mol. The molecule has 0 heterocycles. The number of benzene rings is 2. The van der Waals surface area contributed by atoms with Gasteiger partial charge in [0.05, 0.1) is 6.04 Å². The number of amides is 3. The molecule has 0 bridgehead atoms. The van der Waals surface area contributed by atoms with E-state index < -0.39 is 46.9 Å². The molecule has 2 atom stereocenters. The Hall–Kier alpha value is -4.44. The van der Waals surface area contributed by atoms with Crippen molar-refractivity contribution < 1.29 is 29.4 Å². The molecule has 0 aliphatic rings. The minimum Gasteiger partial charge on any atom is -0.508 e. The lowest BCUT2D eigenvalue weighted by Gasteiger charge is -2.35. The third-order valence-electron chi connectivity index (χ3n) is 6.72. The van der Waals surface area contributed by atoms with E-state index in [0.29, 0.717) is 13.1 Å². The van der Waals surface area contributed by atoms with Gasteiger partial charge in [-0.1, -0.05) is 54.6 Å². The number of phenolic OH excluding ortho intramolecular Hbond substituents is 1. The van der Waals surface area contributed by atoms with Crippen molar-refractivity contribution in [1.82, 2.24) is 20.9 Å². The molecule has 3 amide bonds. The lowest BCUT2D eigenvalue weighted by atomic mass is 9.96. The van der Waals surface area contributed by atoms with E-state index in [-0.39, 0.29) is 18.6 Å². The average molecular weight is 579 g/mol. The van der Waals surface area contributed by atoms with Crippen molar-refractivity contribution in [3.05, 3.63) is 91.0 Å². The highest BCUT2D eigenvalue weighted by molar-refractivity contribution is 5.97. The summed E-state index contributed by atoms with van der Waals surface area (Å²) in [5.74, 6) is -2.84. The molecular weight excluding hydrogens is 536 g/mol. The lowest BCUT2D eigenvalue weighted by molar-refractivity contribution is -0.143. The Morgan fingerprint density at radius 3 is 1.86 bits per heavy atom. The van der Waals surface area contributed by atoms with Gasteiger partial charge in [0.2, 0.25) is 17.7 Å². The molecule has 226 valence electrons. The summed E-state index contributed by atoms with van der Waals surface area (Å²) in [7, 11) is 0. The molecular formula is C32H42N4O6. The highest BCUT2D eigenvalue weighted by atomic mass is 16.4. The Balaban J connectivity index is 2.17. The smallest absolute Gasteiger partial charge is 0.326 e. The van der Waals surface area contributed by atoms with Gasteiger partial charge in [-0.25, -0.2) is 4.79 Å². The van der Waals surface area contributed by atoms with E-state index in [0.717, 1.165) is 11.1 Å². The SMILES string of the molecule is C=CCN(CC=C)C(Cc1ccc(O)cc1)C(=O)NC(C)(C)C(=O)NC(C)(C)C(=O)NC(Cc1ccccc1)C(=O)O. The second-order valence-corrected chi connectivity index (χ2v) is 11.2. The van der Waals surface area contributed by atoms with Gasteiger partial charge in [0.25, 0.3) is 0 Å². The highest BCUT2D eigenvalue weighted by Crippen LogP contribution is 2.16. The van der Waals surface area contributed by atoms with Gasteiger partial charge in [0.1, 0.15) is 22.9 Å². The normalized spacial score (nSPS) is 13.0. The number of carboxylic acids is 1. The highest BCUT2D eigenvalue weighted by Gasteiger charge is 2.39. The number of hydrogen-bond donors (Lipinski definition) is 5. The van der Waals surface area contributed by atoms with E-state index in [4.69, 9.17) is 0 Å². The van der Waals surface area contributed by atoms with Gasteiger partial charge in [-0.2, -0.15) is 0 Å². The molecule has 0 aliphatic carbocycles. The summed E-state index contributed by atoms with van der Waals surface area (Å²) in [6.07, 6.45) is 3.70. The number of aliphatic carboxylic acids is 1. The van der Waals surface area contributed by atoms with Crippen LogP contribution in [0.3, 0.4) is 0 Å². The van der Waals surface area contributed by atoms with Crippen molar-refractivity contribution in [3.8, 4) is 5.75 Å². The van der Waals surface area contributed by atoms with Gasteiger partial charge in [0.15, 0.2) is 0 Å². The lowest BCUT2D eigenvalue weighted by Crippen LogP contribution is -2.65. The molecule has 0 saturated carbocycles. The summed E-state index contributed by atoms with van der Waals surface area (Å²) in [5.41, 5.74) is -1.40. The topological polar surface area (TPSA) is 148 Å². The Morgan fingerprint density at radius 2 is 1.33 bits per heavy atom.